The number of hydrogen-bond acceptors (Lipinski definition) is 3. The van der Waals surface area contributed by atoms with Gasteiger partial charge in [-0.2, -0.15) is 0 Å². The lowest BCUT2D eigenvalue weighted by molar-refractivity contribution is -0.145. The molecule has 0 radical (unpaired) electrons. The van der Waals surface area contributed by atoms with Crippen LogP contribution in [-0.4, -0.2) is 13.1 Å². The second kappa shape index (κ2) is 6.09. The molecule has 1 aromatic carbocycles. The van der Waals surface area contributed by atoms with Gasteiger partial charge >= 0.3 is 5.97 Å². The van der Waals surface area contributed by atoms with E-state index in [9.17, 15) is 4.79 Å². The van der Waals surface area contributed by atoms with E-state index in [0.717, 1.165) is 31.4 Å². The Morgan fingerprint density at radius 3 is 2.95 bits per heavy atom. The Morgan fingerprint density at radius 1 is 1.47 bits per heavy atom. The fourth-order valence-electron chi connectivity index (χ4n) is 3.17. The molecule has 0 aromatic heterocycles. The highest BCUT2D eigenvalue weighted by atomic mass is 16.5. The molecule has 3 nitrogen and oxygen atoms in total. The highest BCUT2D eigenvalue weighted by molar-refractivity contribution is 5.72. The van der Waals surface area contributed by atoms with E-state index in [4.69, 9.17) is 10.5 Å². The molecule has 2 rings (SSSR count). The molecule has 1 aromatic rings. The van der Waals surface area contributed by atoms with Gasteiger partial charge in [0, 0.05) is 5.69 Å². The Labute approximate surface area is 115 Å². The van der Waals surface area contributed by atoms with Crippen LogP contribution in [-0.2, 0) is 16.0 Å². The van der Waals surface area contributed by atoms with Crippen LogP contribution in [0.15, 0.2) is 24.3 Å². The van der Waals surface area contributed by atoms with E-state index in [1.165, 1.54) is 12.7 Å². The largest absolute Gasteiger partial charge is 0.469 e. The van der Waals surface area contributed by atoms with E-state index in [-0.39, 0.29) is 11.9 Å². The Bertz CT molecular complexity index is 444. The summed E-state index contributed by atoms with van der Waals surface area (Å²) < 4.78 is 4.84. The summed E-state index contributed by atoms with van der Waals surface area (Å²) in [6.07, 6.45) is 4.10. The number of carbonyl (C=O) groups is 1. The highest BCUT2D eigenvalue weighted by Crippen LogP contribution is 2.37. The summed E-state index contributed by atoms with van der Waals surface area (Å²) in [5.74, 6) is 1.26. The Balaban J connectivity index is 1.91. The maximum Gasteiger partial charge on any atom is 0.308 e. The standard InChI is InChI=1S/C16H23NO2/c1-11(8-12-4-3-5-15(17)9-12)13-6-7-14(10-13)16(18)19-2/h3-5,9,11,13-14H,6-8,10,17H2,1-2H3. The molecular weight excluding hydrogens is 238 g/mol. The minimum Gasteiger partial charge on any atom is -0.469 e. The van der Waals surface area contributed by atoms with Crippen molar-refractivity contribution in [2.24, 2.45) is 17.8 Å². The van der Waals surface area contributed by atoms with Gasteiger partial charge in [0.1, 0.15) is 0 Å². The molecule has 1 aliphatic rings. The van der Waals surface area contributed by atoms with Crippen LogP contribution in [0.5, 0.6) is 0 Å². The maximum atomic E-state index is 11.5. The third-order valence-electron chi connectivity index (χ3n) is 4.32. The summed E-state index contributed by atoms with van der Waals surface area (Å²) in [7, 11) is 1.48. The molecule has 1 fully saturated rings. The molecule has 0 bridgehead atoms. The van der Waals surface area contributed by atoms with Crippen LogP contribution in [0, 0.1) is 17.8 Å². The van der Waals surface area contributed by atoms with Gasteiger partial charge in [-0.15, -0.1) is 0 Å². The SMILES string of the molecule is COC(=O)C1CCC(C(C)Cc2cccc(N)c2)C1. The number of ether oxygens (including phenoxy) is 1. The zero-order valence-corrected chi connectivity index (χ0v) is 11.8. The molecule has 0 spiro atoms. The van der Waals surface area contributed by atoms with Gasteiger partial charge in [0.25, 0.3) is 0 Å². The Kier molecular flexibility index (Phi) is 4.46. The van der Waals surface area contributed by atoms with Gasteiger partial charge in [-0.25, -0.2) is 0 Å². The summed E-state index contributed by atoms with van der Waals surface area (Å²) >= 11 is 0. The molecule has 104 valence electrons. The molecule has 19 heavy (non-hydrogen) atoms. The molecule has 3 heteroatoms. The Hall–Kier alpha value is -1.51. The lowest BCUT2D eigenvalue weighted by Crippen LogP contribution is -2.16. The number of methoxy groups -OCH3 is 1. The molecule has 3 unspecified atom stereocenters. The van der Waals surface area contributed by atoms with Crippen molar-refractivity contribution in [2.75, 3.05) is 12.8 Å². The summed E-state index contributed by atoms with van der Waals surface area (Å²) in [6, 6.07) is 8.09. The predicted octanol–water partition coefficient (Wildman–Crippen LogP) is 3.04. The van der Waals surface area contributed by atoms with Crippen molar-refractivity contribution in [1.29, 1.82) is 0 Å². The second-order valence-corrected chi connectivity index (χ2v) is 5.72. The minimum absolute atomic E-state index is 0.0429. The van der Waals surface area contributed by atoms with Crippen molar-refractivity contribution < 1.29 is 9.53 Å². The van der Waals surface area contributed by atoms with Crippen molar-refractivity contribution >= 4 is 11.7 Å². The average Bonchev–Trinajstić information content (AvgIpc) is 2.87. The zero-order valence-electron chi connectivity index (χ0n) is 11.8. The fraction of sp³-hybridized carbons (Fsp3) is 0.562. The number of carbonyl (C=O) groups excluding carboxylic acids is 1. The van der Waals surface area contributed by atoms with E-state index < -0.39 is 0 Å². The first-order valence-corrected chi connectivity index (χ1v) is 7.02. The van der Waals surface area contributed by atoms with Gasteiger partial charge in [0.05, 0.1) is 13.0 Å². The van der Waals surface area contributed by atoms with Crippen LogP contribution in [0.25, 0.3) is 0 Å². The van der Waals surface area contributed by atoms with E-state index >= 15 is 0 Å². The summed E-state index contributed by atoms with van der Waals surface area (Å²) in [6.45, 7) is 2.27. The van der Waals surface area contributed by atoms with Crippen molar-refractivity contribution in [2.45, 2.75) is 32.6 Å². The van der Waals surface area contributed by atoms with Gasteiger partial charge in [0.15, 0.2) is 0 Å². The van der Waals surface area contributed by atoms with Crippen molar-refractivity contribution in [3.8, 4) is 0 Å². The van der Waals surface area contributed by atoms with Gasteiger partial charge in [0.2, 0.25) is 0 Å². The topological polar surface area (TPSA) is 52.3 Å². The first-order valence-electron chi connectivity index (χ1n) is 7.02. The highest BCUT2D eigenvalue weighted by Gasteiger charge is 2.33. The van der Waals surface area contributed by atoms with Crippen LogP contribution >= 0.6 is 0 Å². The van der Waals surface area contributed by atoms with Crippen molar-refractivity contribution in [1.82, 2.24) is 0 Å². The molecule has 3 atom stereocenters. The number of anilines is 1. The lowest BCUT2D eigenvalue weighted by atomic mass is 9.86. The number of nitrogen functional groups attached to an aromatic ring is 1. The summed E-state index contributed by atoms with van der Waals surface area (Å²) in [4.78, 5) is 11.5. The fourth-order valence-corrected chi connectivity index (χ4v) is 3.17. The molecule has 1 saturated carbocycles. The molecular formula is C16H23NO2. The first kappa shape index (κ1) is 13.9. The number of hydrogen-bond donors (Lipinski definition) is 1. The van der Waals surface area contributed by atoms with E-state index in [1.54, 1.807) is 0 Å². The predicted molar refractivity (Wildman–Crippen MR) is 76.6 cm³/mol. The van der Waals surface area contributed by atoms with Crippen LogP contribution < -0.4 is 5.73 Å². The summed E-state index contributed by atoms with van der Waals surface area (Å²) in [5, 5.41) is 0. The average molecular weight is 261 g/mol. The van der Waals surface area contributed by atoms with Crippen molar-refractivity contribution in [3.63, 3.8) is 0 Å². The lowest BCUT2D eigenvalue weighted by Gasteiger charge is -2.19. The molecule has 0 saturated heterocycles. The zero-order chi connectivity index (χ0) is 13.8. The molecule has 0 aliphatic heterocycles. The Morgan fingerprint density at radius 2 is 2.26 bits per heavy atom. The van der Waals surface area contributed by atoms with E-state index in [1.807, 2.05) is 18.2 Å². The quantitative estimate of drug-likeness (QED) is 0.669. The maximum absolute atomic E-state index is 11.5. The molecule has 1 aliphatic carbocycles. The normalized spacial score (nSPS) is 24.1. The van der Waals surface area contributed by atoms with Gasteiger partial charge < -0.3 is 10.5 Å². The van der Waals surface area contributed by atoms with Crippen LogP contribution in [0.3, 0.4) is 0 Å². The minimum atomic E-state index is -0.0429. The van der Waals surface area contributed by atoms with Gasteiger partial charge in [-0.1, -0.05) is 19.1 Å². The van der Waals surface area contributed by atoms with Crippen LogP contribution in [0.2, 0.25) is 0 Å². The van der Waals surface area contributed by atoms with E-state index in [2.05, 4.69) is 13.0 Å². The molecule has 2 N–H and O–H groups in total. The molecule has 0 heterocycles. The van der Waals surface area contributed by atoms with Crippen LogP contribution in [0.1, 0.15) is 31.7 Å². The second-order valence-electron chi connectivity index (χ2n) is 5.72. The van der Waals surface area contributed by atoms with Crippen molar-refractivity contribution in [3.05, 3.63) is 29.8 Å². The van der Waals surface area contributed by atoms with Gasteiger partial charge in [-0.3, -0.25) is 4.79 Å². The van der Waals surface area contributed by atoms with Gasteiger partial charge in [-0.05, 0) is 55.2 Å². The van der Waals surface area contributed by atoms with Crippen LogP contribution in [0.4, 0.5) is 5.69 Å². The number of nitrogens with two attached hydrogens (primary N) is 1. The molecule has 0 amide bonds. The summed E-state index contributed by atoms with van der Waals surface area (Å²) in [5.41, 5.74) is 7.92. The monoisotopic (exact) mass is 261 g/mol. The number of rotatable bonds is 4. The third kappa shape index (κ3) is 3.49. The third-order valence-corrected chi connectivity index (χ3v) is 4.32. The number of benzene rings is 1. The number of esters is 1. The van der Waals surface area contributed by atoms with E-state index in [0.29, 0.717) is 11.8 Å². The first-order chi connectivity index (χ1) is 9.10. The smallest absolute Gasteiger partial charge is 0.308 e.